The smallest absolute Gasteiger partial charge is 0.329 e. The fraction of sp³-hybridized carbons (Fsp3) is 0.296. The molecule has 1 atom stereocenters. The fourth-order valence-electron chi connectivity index (χ4n) is 5.12. The van der Waals surface area contributed by atoms with E-state index >= 15 is 0 Å². The molecular weight excluding hydrogens is 486 g/mol. The number of amides is 1. The number of primary amides is 1. The second kappa shape index (κ2) is 9.75. The lowest BCUT2D eigenvalue weighted by atomic mass is 9.98. The van der Waals surface area contributed by atoms with Gasteiger partial charge in [0.2, 0.25) is 5.91 Å². The summed E-state index contributed by atoms with van der Waals surface area (Å²) in [7, 11) is 1.78. The maximum absolute atomic E-state index is 13.7. The number of aliphatic hydroxyl groups is 1. The van der Waals surface area contributed by atoms with Crippen LogP contribution in [0.25, 0.3) is 33.1 Å². The number of carbonyl (C=O) groups is 1. The molecule has 0 spiro atoms. The number of aliphatic hydroxyl groups excluding tert-OH is 1. The van der Waals surface area contributed by atoms with Gasteiger partial charge in [-0.25, -0.2) is 4.79 Å². The summed E-state index contributed by atoms with van der Waals surface area (Å²) >= 11 is 0. The highest BCUT2D eigenvalue weighted by molar-refractivity contribution is 6.07. The molecule has 11 nitrogen and oxygen atoms in total. The molecule has 196 valence electrons. The summed E-state index contributed by atoms with van der Waals surface area (Å²) in [5, 5.41) is 14.5. The molecule has 0 bridgehead atoms. The summed E-state index contributed by atoms with van der Waals surface area (Å²) < 4.78 is 8.64. The lowest BCUT2D eigenvalue weighted by Gasteiger charge is -2.22. The molecule has 0 aliphatic rings. The highest BCUT2D eigenvalue weighted by atomic mass is 16.5. The van der Waals surface area contributed by atoms with E-state index in [0.717, 1.165) is 16.8 Å². The Morgan fingerprint density at radius 1 is 1.24 bits per heavy atom. The summed E-state index contributed by atoms with van der Waals surface area (Å²) in [5.74, 6) is 0.148. The Morgan fingerprint density at radius 2 is 2.03 bits per heavy atom. The van der Waals surface area contributed by atoms with Crippen molar-refractivity contribution in [2.24, 2.45) is 5.73 Å². The number of hydrogen-bond donors (Lipinski definition) is 2. The number of nitrogens with zero attached hydrogens (tertiary/aromatic N) is 6. The van der Waals surface area contributed by atoms with Gasteiger partial charge in [-0.1, -0.05) is 11.2 Å². The number of aryl methyl sites for hydroxylation is 2. The second-order valence-corrected chi connectivity index (χ2v) is 9.36. The van der Waals surface area contributed by atoms with E-state index in [1.54, 1.807) is 28.9 Å². The highest BCUT2D eigenvalue weighted by Crippen LogP contribution is 2.39. The Hall–Kier alpha value is -4.51. The Labute approximate surface area is 218 Å². The number of nitrogens with two attached hydrogens (primary N) is 1. The van der Waals surface area contributed by atoms with Crippen LogP contribution in [0, 0.1) is 13.8 Å². The molecule has 0 aliphatic heterocycles. The zero-order valence-electron chi connectivity index (χ0n) is 21.7. The van der Waals surface area contributed by atoms with Gasteiger partial charge in [0.05, 0.1) is 59.9 Å². The molecule has 4 aromatic heterocycles. The Morgan fingerprint density at radius 3 is 2.66 bits per heavy atom. The SMILES string of the molecule is Cc1noc(C)c1-c1cc2ncc3c(c2cc1N(C)CC(N)=O)n(C(C)c1ccccn1)c(=O)n3CCO. The number of fused-ring (bicyclic) bond motifs is 3. The van der Waals surface area contributed by atoms with E-state index in [0.29, 0.717) is 39.1 Å². The van der Waals surface area contributed by atoms with Crippen molar-refractivity contribution < 1.29 is 14.4 Å². The molecule has 0 radical (unpaired) electrons. The predicted molar refractivity (Wildman–Crippen MR) is 144 cm³/mol. The number of anilines is 1. The van der Waals surface area contributed by atoms with E-state index in [9.17, 15) is 14.7 Å². The van der Waals surface area contributed by atoms with Gasteiger partial charge < -0.3 is 20.3 Å². The van der Waals surface area contributed by atoms with Crippen molar-refractivity contribution in [2.75, 3.05) is 25.1 Å². The van der Waals surface area contributed by atoms with Crippen molar-refractivity contribution in [2.45, 2.75) is 33.4 Å². The molecule has 0 aliphatic carbocycles. The number of aromatic nitrogens is 5. The lowest BCUT2D eigenvalue weighted by Crippen LogP contribution is -2.30. The van der Waals surface area contributed by atoms with Crippen molar-refractivity contribution in [3.05, 3.63) is 70.4 Å². The van der Waals surface area contributed by atoms with Crippen LogP contribution in [-0.4, -0.2) is 55.5 Å². The van der Waals surface area contributed by atoms with Gasteiger partial charge >= 0.3 is 5.69 Å². The van der Waals surface area contributed by atoms with Gasteiger partial charge in [0.25, 0.3) is 0 Å². The van der Waals surface area contributed by atoms with Gasteiger partial charge in [0.1, 0.15) is 5.76 Å². The number of hydrogen-bond acceptors (Lipinski definition) is 8. The highest BCUT2D eigenvalue weighted by Gasteiger charge is 2.25. The first kappa shape index (κ1) is 25.2. The van der Waals surface area contributed by atoms with Crippen molar-refractivity contribution in [1.29, 1.82) is 0 Å². The first-order valence-corrected chi connectivity index (χ1v) is 12.2. The third-order valence-electron chi connectivity index (χ3n) is 6.84. The molecule has 1 aromatic carbocycles. The summed E-state index contributed by atoms with van der Waals surface area (Å²) in [6, 6.07) is 9.01. The average Bonchev–Trinajstić information content (AvgIpc) is 3.38. The molecule has 1 unspecified atom stereocenters. The topological polar surface area (TPSA) is 145 Å². The molecule has 3 N–H and O–H groups in total. The zero-order valence-corrected chi connectivity index (χ0v) is 21.7. The average molecular weight is 516 g/mol. The fourth-order valence-corrected chi connectivity index (χ4v) is 5.12. The van der Waals surface area contributed by atoms with Gasteiger partial charge in [0, 0.05) is 35.4 Å². The van der Waals surface area contributed by atoms with Gasteiger partial charge in [-0.05, 0) is 45.0 Å². The van der Waals surface area contributed by atoms with Crippen LogP contribution in [0.1, 0.15) is 30.1 Å². The first-order chi connectivity index (χ1) is 18.2. The number of pyridine rings is 2. The number of likely N-dealkylation sites (N-methyl/N-ethyl adjacent to an activating group) is 1. The molecule has 11 heteroatoms. The minimum absolute atomic E-state index is 0.0199. The molecular formula is C27H29N7O4. The van der Waals surface area contributed by atoms with Crippen molar-refractivity contribution in [3.8, 4) is 11.1 Å². The Balaban J connectivity index is 1.88. The zero-order chi connectivity index (χ0) is 27.1. The summed E-state index contributed by atoms with van der Waals surface area (Å²) in [6.07, 6.45) is 3.34. The second-order valence-electron chi connectivity index (χ2n) is 9.36. The summed E-state index contributed by atoms with van der Waals surface area (Å²) in [4.78, 5) is 36.5. The van der Waals surface area contributed by atoms with Crippen molar-refractivity contribution in [3.63, 3.8) is 0 Å². The molecule has 5 rings (SSSR count). The molecule has 0 saturated carbocycles. The summed E-state index contributed by atoms with van der Waals surface area (Å²) in [5.41, 5.74) is 10.9. The van der Waals surface area contributed by atoms with E-state index in [-0.39, 0.29) is 25.4 Å². The first-order valence-electron chi connectivity index (χ1n) is 12.2. The Bertz CT molecular complexity index is 1700. The number of carbonyl (C=O) groups excluding carboxylic acids is 1. The largest absolute Gasteiger partial charge is 0.395 e. The number of rotatable bonds is 8. The predicted octanol–water partition coefficient (Wildman–Crippen LogP) is 2.54. The van der Waals surface area contributed by atoms with Crippen LogP contribution in [0.2, 0.25) is 0 Å². The van der Waals surface area contributed by atoms with E-state index in [2.05, 4.69) is 10.1 Å². The van der Waals surface area contributed by atoms with Gasteiger partial charge in [0.15, 0.2) is 0 Å². The maximum Gasteiger partial charge on any atom is 0.329 e. The quantitative estimate of drug-likeness (QED) is 0.321. The minimum Gasteiger partial charge on any atom is -0.395 e. The molecule has 0 saturated heterocycles. The lowest BCUT2D eigenvalue weighted by molar-refractivity contribution is -0.116. The molecule has 4 heterocycles. The van der Waals surface area contributed by atoms with Crippen LogP contribution in [0.4, 0.5) is 5.69 Å². The van der Waals surface area contributed by atoms with Gasteiger partial charge in [-0.2, -0.15) is 0 Å². The van der Waals surface area contributed by atoms with Crippen LogP contribution in [0.3, 0.4) is 0 Å². The molecule has 38 heavy (non-hydrogen) atoms. The third kappa shape index (κ3) is 4.10. The third-order valence-corrected chi connectivity index (χ3v) is 6.84. The van der Waals surface area contributed by atoms with Crippen molar-refractivity contribution >= 4 is 33.5 Å². The van der Waals surface area contributed by atoms with Crippen LogP contribution >= 0.6 is 0 Å². The monoisotopic (exact) mass is 515 g/mol. The van der Waals surface area contributed by atoms with Crippen LogP contribution in [0.5, 0.6) is 0 Å². The number of benzene rings is 1. The molecule has 5 aromatic rings. The van der Waals surface area contributed by atoms with Crippen LogP contribution < -0.4 is 16.3 Å². The summed E-state index contributed by atoms with van der Waals surface area (Å²) in [6.45, 7) is 5.49. The maximum atomic E-state index is 13.7. The van der Waals surface area contributed by atoms with Crippen molar-refractivity contribution in [1.82, 2.24) is 24.3 Å². The van der Waals surface area contributed by atoms with Crippen LogP contribution in [0.15, 0.2) is 52.0 Å². The molecule has 0 fully saturated rings. The normalized spacial score (nSPS) is 12.3. The Kier molecular flexibility index (Phi) is 6.45. The van der Waals surface area contributed by atoms with Crippen LogP contribution in [-0.2, 0) is 11.3 Å². The molecule has 1 amide bonds. The van der Waals surface area contributed by atoms with Gasteiger partial charge in [-0.3, -0.25) is 23.9 Å². The minimum atomic E-state index is -0.483. The number of imidazole rings is 1. The standard InChI is InChI=1S/C27H29N7O4/c1-15-25(17(3)38-31-15)19-11-21-18(12-22(19)32(4)14-24(28)36)26-23(13-30-21)33(9-10-35)27(37)34(26)16(2)20-7-5-6-8-29-20/h5-8,11-13,16,35H,9-10,14H2,1-4H3,(H2,28,36). The van der Waals surface area contributed by atoms with E-state index in [1.165, 1.54) is 4.57 Å². The van der Waals surface area contributed by atoms with E-state index in [4.69, 9.17) is 15.2 Å². The van der Waals surface area contributed by atoms with Gasteiger partial charge in [-0.15, -0.1) is 0 Å². The van der Waals surface area contributed by atoms with E-state index in [1.807, 2.05) is 51.1 Å². The van der Waals surface area contributed by atoms with E-state index < -0.39 is 11.9 Å².